The molecule has 0 radical (unpaired) electrons. The summed E-state index contributed by atoms with van der Waals surface area (Å²) in [6.07, 6.45) is 1.34. The van der Waals surface area contributed by atoms with E-state index in [4.69, 9.17) is 9.26 Å². The third-order valence-corrected chi connectivity index (χ3v) is 4.14. The summed E-state index contributed by atoms with van der Waals surface area (Å²) >= 11 is 0. The molecule has 1 N–H and O–H groups in total. The van der Waals surface area contributed by atoms with Gasteiger partial charge in [0.15, 0.2) is 6.10 Å². The number of nitrogens with zero attached hydrogens (tertiary/aromatic N) is 2. The Hall–Kier alpha value is -2.57. The SMILES string of the molecule is Cc1cc(NC(=O)[C@H](C)OC(=O)c2cc(C)n(C3CC3)c2C)on1. The zero-order chi connectivity index (χ0) is 17.4. The molecular formula is C17H21N3O4. The van der Waals surface area contributed by atoms with Crippen molar-refractivity contribution in [2.24, 2.45) is 0 Å². The number of hydrogen-bond acceptors (Lipinski definition) is 5. The van der Waals surface area contributed by atoms with Crippen LogP contribution < -0.4 is 5.32 Å². The Morgan fingerprint density at radius 1 is 1.33 bits per heavy atom. The molecule has 1 atom stereocenters. The first-order valence-corrected chi connectivity index (χ1v) is 8.00. The molecule has 0 saturated heterocycles. The van der Waals surface area contributed by atoms with Crippen molar-refractivity contribution in [1.29, 1.82) is 0 Å². The van der Waals surface area contributed by atoms with E-state index in [0.29, 0.717) is 17.3 Å². The number of carbonyl (C=O) groups is 2. The number of aromatic nitrogens is 2. The number of amides is 1. The fourth-order valence-electron chi connectivity index (χ4n) is 2.80. The highest BCUT2D eigenvalue weighted by Gasteiger charge is 2.29. The largest absolute Gasteiger partial charge is 0.449 e. The highest BCUT2D eigenvalue weighted by molar-refractivity contribution is 5.97. The van der Waals surface area contributed by atoms with E-state index >= 15 is 0 Å². The minimum atomic E-state index is -0.938. The maximum atomic E-state index is 12.4. The van der Waals surface area contributed by atoms with E-state index < -0.39 is 18.0 Å². The highest BCUT2D eigenvalue weighted by Crippen LogP contribution is 2.38. The van der Waals surface area contributed by atoms with Crippen LogP contribution >= 0.6 is 0 Å². The lowest BCUT2D eigenvalue weighted by Crippen LogP contribution is -2.30. The van der Waals surface area contributed by atoms with Gasteiger partial charge >= 0.3 is 5.97 Å². The van der Waals surface area contributed by atoms with Crippen molar-refractivity contribution >= 4 is 17.8 Å². The molecule has 128 valence electrons. The van der Waals surface area contributed by atoms with Crippen molar-refractivity contribution in [1.82, 2.24) is 9.72 Å². The molecule has 2 heterocycles. The van der Waals surface area contributed by atoms with Crippen LogP contribution in [0.3, 0.4) is 0 Å². The standard InChI is InChI=1S/C17H21N3O4/c1-9-7-15(24-19-9)18-16(21)12(4)23-17(22)14-8-10(2)20(11(14)3)13-5-6-13/h7-8,12-13H,5-6H2,1-4H3,(H,18,21)/t12-/m0/s1. The van der Waals surface area contributed by atoms with Gasteiger partial charge in [-0.25, -0.2) is 4.79 Å². The van der Waals surface area contributed by atoms with Gasteiger partial charge < -0.3 is 13.8 Å². The topological polar surface area (TPSA) is 86.4 Å². The predicted molar refractivity (Wildman–Crippen MR) is 86.9 cm³/mol. The van der Waals surface area contributed by atoms with E-state index in [-0.39, 0.29) is 5.88 Å². The fourth-order valence-corrected chi connectivity index (χ4v) is 2.80. The minimum absolute atomic E-state index is 0.229. The van der Waals surface area contributed by atoms with Crippen LogP contribution in [-0.4, -0.2) is 27.7 Å². The summed E-state index contributed by atoms with van der Waals surface area (Å²) in [5.41, 5.74) is 3.09. The van der Waals surface area contributed by atoms with Crippen LogP contribution in [0.25, 0.3) is 0 Å². The molecular weight excluding hydrogens is 310 g/mol. The summed E-state index contributed by atoms with van der Waals surface area (Å²) in [4.78, 5) is 24.5. The molecule has 7 heteroatoms. The Kier molecular flexibility index (Phi) is 4.17. The molecule has 0 spiro atoms. The van der Waals surface area contributed by atoms with Crippen molar-refractivity contribution in [3.05, 3.63) is 34.8 Å². The van der Waals surface area contributed by atoms with Crippen LogP contribution in [0.4, 0.5) is 5.88 Å². The Morgan fingerprint density at radius 3 is 2.62 bits per heavy atom. The first-order valence-electron chi connectivity index (χ1n) is 8.00. The molecule has 1 saturated carbocycles. The van der Waals surface area contributed by atoms with Gasteiger partial charge in [0.25, 0.3) is 5.91 Å². The van der Waals surface area contributed by atoms with Gasteiger partial charge in [0.2, 0.25) is 5.88 Å². The molecule has 0 aromatic carbocycles. The van der Waals surface area contributed by atoms with Gasteiger partial charge in [-0.05, 0) is 46.6 Å². The summed E-state index contributed by atoms with van der Waals surface area (Å²) in [7, 11) is 0. The zero-order valence-corrected chi connectivity index (χ0v) is 14.3. The lowest BCUT2D eigenvalue weighted by atomic mass is 10.2. The highest BCUT2D eigenvalue weighted by atomic mass is 16.5. The monoisotopic (exact) mass is 331 g/mol. The van der Waals surface area contributed by atoms with E-state index in [1.807, 2.05) is 19.9 Å². The van der Waals surface area contributed by atoms with Gasteiger partial charge in [0.05, 0.1) is 11.3 Å². The Balaban J connectivity index is 1.65. The lowest BCUT2D eigenvalue weighted by molar-refractivity contribution is -0.123. The van der Waals surface area contributed by atoms with Crippen molar-refractivity contribution in [2.45, 2.75) is 52.7 Å². The Morgan fingerprint density at radius 2 is 2.04 bits per heavy atom. The fraction of sp³-hybridized carbons (Fsp3) is 0.471. The van der Waals surface area contributed by atoms with E-state index in [2.05, 4.69) is 15.0 Å². The number of ether oxygens (including phenoxy) is 1. The quantitative estimate of drug-likeness (QED) is 0.851. The summed E-state index contributed by atoms with van der Waals surface area (Å²) < 4.78 is 12.4. The molecule has 0 unspecified atom stereocenters. The molecule has 7 nitrogen and oxygen atoms in total. The second-order valence-electron chi connectivity index (χ2n) is 6.26. The third kappa shape index (κ3) is 3.20. The van der Waals surface area contributed by atoms with Gasteiger partial charge in [-0.2, -0.15) is 0 Å². The second kappa shape index (κ2) is 6.14. The van der Waals surface area contributed by atoms with Gasteiger partial charge in [-0.3, -0.25) is 10.1 Å². The third-order valence-electron chi connectivity index (χ3n) is 4.14. The van der Waals surface area contributed by atoms with Crippen LogP contribution in [0.15, 0.2) is 16.7 Å². The van der Waals surface area contributed by atoms with Crippen LogP contribution in [0.5, 0.6) is 0 Å². The van der Waals surface area contributed by atoms with Gasteiger partial charge in [-0.1, -0.05) is 5.16 Å². The van der Waals surface area contributed by atoms with Gasteiger partial charge in [-0.15, -0.1) is 0 Å². The average molecular weight is 331 g/mol. The number of carbonyl (C=O) groups excluding carboxylic acids is 2. The normalized spacial score (nSPS) is 15.2. The summed E-state index contributed by atoms with van der Waals surface area (Å²) in [6, 6.07) is 3.90. The summed E-state index contributed by atoms with van der Waals surface area (Å²) in [5.74, 6) is -0.728. The molecule has 1 fully saturated rings. The lowest BCUT2D eigenvalue weighted by Gasteiger charge is -2.12. The first-order chi connectivity index (χ1) is 11.4. The van der Waals surface area contributed by atoms with Crippen LogP contribution in [0.1, 0.15) is 53.2 Å². The zero-order valence-electron chi connectivity index (χ0n) is 14.3. The maximum Gasteiger partial charge on any atom is 0.340 e. The molecule has 1 aliphatic carbocycles. The van der Waals surface area contributed by atoms with E-state index in [9.17, 15) is 9.59 Å². The van der Waals surface area contributed by atoms with Crippen molar-refractivity contribution in [2.75, 3.05) is 5.32 Å². The molecule has 1 amide bonds. The number of nitrogens with one attached hydrogen (secondary N) is 1. The van der Waals surface area contributed by atoms with E-state index in [1.54, 1.807) is 13.0 Å². The molecule has 24 heavy (non-hydrogen) atoms. The minimum Gasteiger partial charge on any atom is -0.449 e. The average Bonchev–Trinajstić information content (AvgIpc) is 3.19. The smallest absolute Gasteiger partial charge is 0.340 e. The Labute approximate surface area is 140 Å². The van der Waals surface area contributed by atoms with Crippen molar-refractivity contribution in [3.63, 3.8) is 0 Å². The molecule has 0 aliphatic heterocycles. The maximum absolute atomic E-state index is 12.4. The molecule has 1 aliphatic rings. The molecule has 0 bridgehead atoms. The van der Waals surface area contributed by atoms with Crippen LogP contribution in [0, 0.1) is 20.8 Å². The van der Waals surface area contributed by atoms with Crippen LogP contribution in [0.2, 0.25) is 0 Å². The summed E-state index contributed by atoms with van der Waals surface area (Å²) in [6.45, 7) is 7.16. The van der Waals surface area contributed by atoms with Crippen LogP contribution in [-0.2, 0) is 9.53 Å². The van der Waals surface area contributed by atoms with Crippen molar-refractivity contribution in [3.8, 4) is 0 Å². The summed E-state index contributed by atoms with van der Waals surface area (Å²) in [5, 5.41) is 6.21. The predicted octanol–water partition coefficient (Wildman–Crippen LogP) is 2.92. The number of rotatable bonds is 5. The van der Waals surface area contributed by atoms with E-state index in [1.165, 1.54) is 6.92 Å². The number of aryl methyl sites for hydroxylation is 2. The number of anilines is 1. The molecule has 3 rings (SSSR count). The number of esters is 1. The molecule has 2 aromatic rings. The second-order valence-corrected chi connectivity index (χ2v) is 6.26. The molecule has 2 aromatic heterocycles. The van der Waals surface area contributed by atoms with Gasteiger partial charge in [0.1, 0.15) is 0 Å². The first kappa shape index (κ1) is 16.3. The van der Waals surface area contributed by atoms with Gasteiger partial charge in [0, 0.05) is 23.5 Å². The number of hydrogen-bond donors (Lipinski definition) is 1. The van der Waals surface area contributed by atoms with Crippen molar-refractivity contribution < 1.29 is 18.8 Å². The van der Waals surface area contributed by atoms with E-state index in [0.717, 1.165) is 24.2 Å². The Bertz CT molecular complexity index is 786.